The summed E-state index contributed by atoms with van der Waals surface area (Å²) in [7, 11) is -3.64. The number of aryl methyl sites for hydroxylation is 1. The molecule has 0 radical (unpaired) electrons. The van der Waals surface area contributed by atoms with Crippen molar-refractivity contribution in [2.45, 2.75) is 44.6 Å². The molecule has 0 saturated carbocycles. The zero-order chi connectivity index (χ0) is 22.1. The number of para-hydroxylation sites is 1. The summed E-state index contributed by atoms with van der Waals surface area (Å²) in [5.41, 5.74) is 1.69. The van der Waals surface area contributed by atoms with E-state index in [1.54, 1.807) is 37.8 Å². The van der Waals surface area contributed by atoms with Gasteiger partial charge in [0, 0.05) is 29.9 Å². The highest BCUT2D eigenvalue weighted by molar-refractivity contribution is 7.89. The Morgan fingerprint density at radius 3 is 2.30 bits per heavy atom. The highest BCUT2D eigenvalue weighted by Crippen LogP contribution is 2.28. The lowest BCUT2D eigenvalue weighted by Crippen LogP contribution is -2.40. The van der Waals surface area contributed by atoms with E-state index in [2.05, 4.69) is 10.0 Å². The van der Waals surface area contributed by atoms with E-state index in [1.165, 1.54) is 12.1 Å². The first-order valence-electron chi connectivity index (χ1n) is 9.77. The molecule has 0 bridgehead atoms. The summed E-state index contributed by atoms with van der Waals surface area (Å²) in [6.07, 6.45) is 0.141. The molecule has 7 nitrogen and oxygen atoms in total. The average molecular weight is 430 g/mol. The Labute approximate surface area is 177 Å². The van der Waals surface area contributed by atoms with Gasteiger partial charge in [-0.25, -0.2) is 13.1 Å². The Hall–Kier alpha value is -2.71. The van der Waals surface area contributed by atoms with Crippen LogP contribution in [-0.2, 0) is 19.6 Å². The highest BCUT2D eigenvalue weighted by Gasteiger charge is 2.35. The largest absolute Gasteiger partial charge is 0.326 e. The Morgan fingerprint density at radius 2 is 1.70 bits per heavy atom. The molecule has 0 unspecified atom stereocenters. The molecule has 3 rings (SSSR count). The van der Waals surface area contributed by atoms with Crippen molar-refractivity contribution in [3.8, 4) is 0 Å². The smallest absolute Gasteiger partial charge is 0.241 e. The predicted molar refractivity (Wildman–Crippen MR) is 117 cm³/mol. The quantitative estimate of drug-likeness (QED) is 0.764. The molecule has 0 spiro atoms. The van der Waals surface area contributed by atoms with Crippen LogP contribution in [0.1, 0.15) is 32.8 Å². The van der Waals surface area contributed by atoms with Crippen molar-refractivity contribution in [1.29, 1.82) is 0 Å². The Bertz CT molecular complexity index is 1060. The summed E-state index contributed by atoms with van der Waals surface area (Å²) >= 11 is 0. The highest BCUT2D eigenvalue weighted by atomic mass is 32.2. The molecule has 2 aromatic rings. The minimum atomic E-state index is -3.64. The molecule has 1 atom stereocenters. The van der Waals surface area contributed by atoms with E-state index in [-0.39, 0.29) is 23.1 Å². The van der Waals surface area contributed by atoms with Crippen molar-refractivity contribution >= 4 is 33.2 Å². The van der Waals surface area contributed by atoms with Gasteiger partial charge in [0.1, 0.15) is 0 Å². The van der Waals surface area contributed by atoms with Crippen LogP contribution in [0.5, 0.6) is 0 Å². The summed E-state index contributed by atoms with van der Waals surface area (Å²) in [5.74, 6) is -0.815. The van der Waals surface area contributed by atoms with Crippen LogP contribution in [-0.4, -0.2) is 32.3 Å². The minimum Gasteiger partial charge on any atom is -0.326 e. The second-order valence-corrected chi connectivity index (χ2v) is 10.2. The summed E-state index contributed by atoms with van der Waals surface area (Å²) in [6.45, 7) is 7.55. The van der Waals surface area contributed by atoms with Crippen molar-refractivity contribution in [1.82, 2.24) is 4.72 Å². The first-order valence-corrected chi connectivity index (χ1v) is 11.3. The third-order valence-electron chi connectivity index (χ3n) is 4.77. The first kappa shape index (κ1) is 22.0. The van der Waals surface area contributed by atoms with Crippen LogP contribution in [0.2, 0.25) is 0 Å². The number of carbonyl (C=O) groups is 2. The molecule has 2 amide bonds. The van der Waals surface area contributed by atoms with Gasteiger partial charge < -0.3 is 10.2 Å². The van der Waals surface area contributed by atoms with Crippen LogP contribution in [0.4, 0.5) is 11.4 Å². The van der Waals surface area contributed by atoms with Crippen molar-refractivity contribution < 1.29 is 18.0 Å². The molecular formula is C22H27N3O4S. The summed E-state index contributed by atoms with van der Waals surface area (Å²) in [5, 5.41) is 2.78. The van der Waals surface area contributed by atoms with Gasteiger partial charge in [0.25, 0.3) is 0 Å². The Balaban J connectivity index is 1.67. The number of carbonyl (C=O) groups excluding carboxylic acids is 2. The lowest BCUT2D eigenvalue weighted by atomic mass is 10.1. The SMILES string of the molecule is Cc1ccccc1N1C[C@H](C(=O)Nc2ccc(S(=O)(=O)NC(C)(C)C)cc2)CC1=O. The number of hydrogen-bond donors (Lipinski definition) is 2. The summed E-state index contributed by atoms with van der Waals surface area (Å²) in [6, 6.07) is 13.6. The van der Waals surface area contributed by atoms with Crippen LogP contribution < -0.4 is 14.9 Å². The van der Waals surface area contributed by atoms with Gasteiger partial charge in [0.2, 0.25) is 21.8 Å². The molecule has 1 fully saturated rings. The topological polar surface area (TPSA) is 95.6 Å². The van der Waals surface area contributed by atoms with Crippen LogP contribution in [0.15, 0.2) is 53.4 Å². The van der Waals surface area contributed by atoms with Gasteiger partial charge in [-0.15, -0.1) is 0 Å². The van der Waals surface area contributed by atoms with Crippen LogP contribution in [0, 0.1) is 12.8 Å². The lowest BCUT2D eigenvalue weighted by Gasteiger charge is -2.20. The fourth-order valence-corrected chi connectivity index (χ4v) is 4.82. The maximum Gasteiger partial charge on any atom is 0.241 e. The van der Waals surface area contributed by atoms with E-state index in [9.17, 15) is 18.0 Å². The number of anilines is 2. The third-order valence-corrected chi connectivity index (χ3v) is 6.55. The number of amides is 2. The molecule has 30 heavy (non-hydrogen) atoms. The fraction of sp³-hybridized carbons (Fsp3) is 0.364. The maximum atomic E-state index is 12.7. The number of hydrogen-bond acceptors (Lipinski definition) is 4. The Morgan fingerprint density at radius 1 is 1.07 bits per heavy atom. The van der Waals surface area contributed by atoms with Crippen molar-refractivity contribution in [3.63, 3.8) is 0 Å². The van der Waals surface area contributed by atoms with Gasteiger partial charge in [-0.3, -0.25) is 9.59 Å². The van der Waals surface area contributed by atoms with Gasteiger partial charge in [-0.1, -0.05) is 18.2 Å². The van der Waals surface area contributed by atoms with Gasteiger partial charge in [0.15, 0.2) is 0 Å². The summed E-state index contributed by atoms with van der Waals surface area (Å²) in [4.78, 5) is 26.9. The van der Waals surface area contributed by atoms with Gasteiger partial charge in [0.05, 0.1) is 10.8 Å². The van der Waals surface area contributed by atoms with Crippen LogP contribution in [0.25, 0.3) is 0 Å². The van der Waals surface area contributed by atoms with E-state index in [0.29, 0.717) is 12.2 Å². The normalized spacial score (nSPS) is 17.3. The number of nitrogens with one attached hydrogen (secondary N) is 2. The minimum absolute atomic E-state index is 0.0841. The zero-order valence-electron chi connectivity index (χ0n) is 17.6. The predicted octanol–water partition coefficient (Wildman–Crippen LogP) is 3.06. The third kappa shape index (κ3) is 5.06. The van der Waals surface area contributed by atoms with Crippen LogP contribution >= 0.6 is 0 Å². The lowest BCUT2D eigenvalue weighted by molar-refractivity contribution is -0.122. The molecule has 8 heteroatoms. The summed E-state index contributed by atoms with van der Waals surface area (Å²) < 4.78 is 27.4. The number of benzene rings is 2. The zero-order valence-corrected chi connectivity index (χ0v) is 18.4. The van der Waals surface area contributed by atoms with E-state index >= 15 is 0 Å². The number of rotatable bonds is 5. The standard InChI is InChI=1S/C22H27N3O4S/c1-15-7-5-6-8-19(15)25-14-16(13-20(25)26)21(27)23-17-9-11-18(12-10-17)30(28,29)24-22(2,3)4/h5-12,16,24H,13-14H2,1-4H3,(H,23,27)/t16-/m1/s1. The molecule has 1 saturated heterocycles. The molecule has 2 aromatic carbocycles. The Kier molecular flexibility index (Phi) is 6.01. The maximum absolute atomic E-state index is 12.7. The van der Waals surface area contributed by atoms with Crippen molar-refractivity contribution in [3.05, 3.63) is 54.1 Å². The molecule has 2 N–H and O–H groups in total. The van der Waals surface area contributed by atoms with Gasteiger partial charge in [-0.2, -0.15) is 0 Å². The number of sulfonamides is 1. The molecule has 1 heterocycles. The van der Waals surface area contributed by atoms with E-state index < -0.39 is 21.5 Å². The van der Waals surface area contributed by atoms with Gasteiger partial charge >= 0.3 is 0 Å². The molecule has 0 aromatic heterocycles. The fourth-order valence-electron chi connectivity index (χ4n) is 3.41. The molecule has 1 aliphatic heterocycles. The first-order chi connectivity index (χ1) is 14.0. The second kappa shape index (κ2) is 8.20. The average Bonchev–Trinajstić information content (AvgIpc) is 3.02. The van der Waals surface area contributed by atoms with Gasteiger partial charge in [-0.05, 0) is 63.6 Å². The van der Waals surface area contributed by atoms with Crippen molar-refractivity contribution in [2.75, 3.05) is 16.8 Å². The van der Waals surface area contributed by atoms with Crippen molar-refractivity contribution in [2.24, 2.45) is 5.92 Å². The second-order valence-electron chi connectivity index (χ2n) is 8.56. The monoisotopic (exact) mass is 429 g/mol. The van der Waals surface area contributed by atoms with E-state index in [4.69, 9.17) is 0 Å². The molecular weight excluding hydrogens is 402 g/mol. The van der Waals surface area contributed by atoms with Crippen LogP contribution in [0.3, 0.4) is 0 Å². The molecule has 160 valence electrons. The molecule has 1 aliphatic rings. The van der Waals surface area contributed by atoms with E-state index in [0.717, 1.165) is 11.3 Å². The molecule has 0 aliphatic carbocycles. The van der Waals surface area contributed by atoms with E-state index in [1.807, 2.05) is 31.2 Å². The number of nitrogens with zero attached hydrogens (tertiary/aromatic N) is 1.